The standard InChI is InChI=1S/C9H13N3O.2ClH/c1-7-11-4-8(5-12-7)9-6-10-2-3-13-9;;/h4-5,9-10H,2-3,6H2,1H3;2*1H. The van der Waals surface area contributed by atoms with Crippen molar-refractivity contribution < 1.29 is 4.74 Å². The third-order valence-corrected chi connectivity index (χ3v) is 2.10. The van der Waals surface area contributed by atoms with Crippen LogP contribution in [0.25, 0.3) is 0 Å². The van der Waals surface area contributed by atoms with Crippen molar-refractivity contribution in [2.45, 2.75) is 13.0 Å². The van der Waals surface area contributed by atoms with Crippen molar-refractivity contribution in [3.05, 3.63) is 23.8 Å². The predicted octanol–water partition coefficient (Wildman–Crippen LogP) is 1.29. The number of hydrogen-bond acceptors (Lipinski definition) is 4. The first-order valence-electron chi connectivity index (χ1n) is 4.47. The summed E-state index contributed by atoms with van der Waals surface area (Å²) < 4.78 is 5.56. The Labute approximate surface area is 102 Å². The lowest BCUT2D eigenvalue weighted by molar-refractivity contribution is 0.0272. The second kappa shape index (κ2) is 6.95. The topological polar surface area (TPSA) is 47.0 Å². The molecule has 2 rings (SSSR count). The van der Waals surface area contributed by atoms with Crippen molar-refractivity contribution in [2.75, 3.05) is 19.7 Å². The zero-order chi connectivity index (χ0) is 9.10. The molecule has 0 radical (unpaired) electrons. The van der Waals surface area contributed by atoms with Crippen LogP contribution in [0, 0.1) is 6.92 Å². The highest BCUT2D eigenvalue weighted by Crippen LogP contribution is 2.16. The van der Waals surface area contributed by atoms with Gasteiger partial charge in [0.25, 0.3) is 0 Å². The average Bonchev–Trinajstić information content (AvgIpc) is 2.20. The normalized spacial score (nSPS) is 19.9. The molecule has 15 heavy (non-hydrogen) atoms. The van der Waals surface area contributed by atoms with E-state index < -0.39 is 0 Å². The SMILES string of the molecule is Cc1ncc(C2CNCCO2)cn1.Cl.Cl. The number of morpholine rings is 1. The van der Waals surface area contributed by atoms with E-state index in [2.05, 4.69) is 15.3 Å². The first kappa shape index (κ1) is 14.6. The Morgan fingerprint density at radius 1 is 1.33 bits per heavy atom. The van der Waals surface area contributed by atoms with Gasteiger partial charge in [0.15, 0.2) is 0 Å². The maximum Gasteiger partial charge on any atom is 0.125 e. The van der Waals surface area contributed by atoms with E-state index in [9.17, 15) is 0 Å². The summed E-state index contributed by atoms with van der Waals surface area (Å²) in [6, 6.07) is 0. The molecule has 86 valence electrons. The zero-order valence-corrected chi connectivity index (χ0v) is 10.1. The summed E-state index contributed by atoms with van der Waals surface area (Å²) in [6.07, 6.45) is 3.79. The molecule has 1 aliphatic rings. The van der Waals surface area contributed by atoms with Crippen LogP contribution in [0.15, 0.2) is 12.4 Å². The van der Waals surface area contributed by atoms with Crippen LogP contribution in [0.4, 0.5) is 0 Å². The number of aryl methyl sites for hydroxylation is 1. The molecule has 1 aromatic heterocycles. The summed E-state index contributed by atoms with van der Waals surface area (Å²) in [6.45, 7) is 4.43. The molecular weight excluding hydrogens is 237 g/mol. The average molecular weight is 252 g/mol. The molecule has 1 fully saturated rings. The van der Waals surface area contributed by atoms with Gasteiger partial charge in [-0.15, -0.1) is 24.8 Å². The van der Waals surface area contributed by atoms with Crippen LogP contribution < -0.4 is 5.32 Å². The first-order valence-corrected chi connectivity index (χ1v) is 4.47. The number of nitrogens with one attached hydrogen (secondary N) is 1. The largest absolute Gasteiger partial charge is 0.371 e. The fourth-order valence-corrected chi connectivity index (χ4v) is 1.35. The Bertz CT molecular complexity index is 275. The van der Waals surface area contributed by atoms with Crippen molar-refractivity contribution in [2.24, 2.45) is 0 Å². The summed E-state index contributed by atoms with van der Waals surface area (Å²) >= 11 is 0. The smallest absolute Gasteiger partial charge is 0.125 e. The molecule has 6 heteroatoms. The van der Waals surface area contributed by atoms with Gasteiger partial charge in [-0.25, -0.2) is 9.97 Å². The van der Waals surface area contributed by atoms with Crippen molar-refractivity contribution in [3.63, 3.8) is 0 Å². The molecule has 4 nitrogen and oxygen atoms in total. The molecule has 0 aromatic carbocycles. The summed E-state index contributed by atoms with van der Waals surface area (Å²) in [5.41, 5.74) is 1.05. The molecule has 1 N–H and O–H groups in total. The first-order chi connectivity index (χ1) is 6.36. The van der Waals surface area contributed by atoms with Crippen molar-refractivity contribution in [1.82, 2.24) is 15.3 Å². The molecule has 1 saturated heterocycles. The predicted molar refractivity (Wildman–Crippen MR) is 62.8 cm³/mol. The number of rotatable bonds is 1. The second-order valence-electron chi connectivity index (χ2n) is 3.13. The number of halogens is 2. The van der Waals surface area contributed by atoms with Crippen LogP contribution in [0.5, 0.6) is 0 Å². The number of aromatic nitrogens is 2. The van der Waals surface area contributed by atoms with Gasteiger partial charge in [0.05, 0.1) is 12.7 Å². The molecule has 0 saturated carbocycles. The monoisotopic (exact) mass is 251 g/mol. The third kappa shape index (κ3) is 3.91. The Balaban J connectivity index is 0.000000980. The highest BCUT2D eigenvalue weighted by molar-refractivity contribution is 5.85. The van der Waals surface area contributed by atoms with E-state index in [0.717, 1.165) is 31.1 Å². The van der Waals surface area contributed by atoms with Gasteiger partial charge in [-0.05, 0) is 6.92 Å². The molecule has 1 aromatic rings. The molecule has 0 spiro atoms. The Hall–Kier alpha value is -0.420. The van der Waals surface area contributed by atoms with E-state index in [4.69, 9.17) is 4.74 Å². The summed E-state index contributed by atoms with van der Waals surface area (Å²) in [5.74, 6) is 0.799. The number of nitrogens with zero attached hydrogens (tertiary/aromatic N) is 2. The molecule has 1 atom stereocenters. The van der Waals surface area contributed by atoms with Gasteiger partial charge in [-0.3, -0.25) is 0 Å². The highest BCUT2D eigenvalue weighted by Gasteiger charge is 2.15. The minimum absolute atomic E-state index is 0. The summed E-state index contributed by atoms with van der Waals surface area (Å²) in [7, 11) is 0. The minimum Gasteiger partial charge on any atom is -0.371 e. The maximum atomic E-state index is 5.56. The molecule has 0 aliphatic carbocycles. The van der Waals surface area contributed by atoms with E-state index in [0.29, 0.717) is 0 Å². The second-order valence-corrected chi connectivity index (χ2v) is 3.13. The lowest BCUT2D eigenvalue weighted by Crippen LogP contribution is -2.33. The Morgan fingerprint density at radius 2 is 2.00 bits per heavy atom. The van der Waals surface area contributed by atoms with Crippen LogP contribution in [0.3, 0.4) is 0 Å². The van der Waals surface area contributed by atoms with Crippen molar-refractivity contribution in [3.8, 4) is 0 Å². The Kier molecular flexibility index (Phi) is 6.76. The van der Waals surface area contributed by atoms with Crippen LogP contribution in [-0.2, 0) is 4.74 Å². The molecule has 0 amide bonds. The van der Waals surface area contributed by atoms with E-state index in [1.165, 1.54) is 0 Å². The van der Waals surface area contributed by atoms with Crippen LogP contribution >= 0.6 is 24.8 Å². The van der Waals surface area contributed by atoms with E-state index >= 15 is 0 Å². The number of ether oxygens (including phenoxy) is 1. The van der Waals surface area contributed by atoms with Crippen LogP contribution in [0.2, 0.25) is 0 Å². The van der Waals surface area contributed by atoms with Gasteiger partial charge >= 0.3 is 0 Å². The van der Waals surface area contributed by atoms with Crippen molar-refractivity contribution in [1.29, 1.82) is 0 Å². The minimum atomic E-state index is 0. The fourth-order valence-electron chi connectivity index (χ4n) is 1.35. The van der Waals surface area contributed by atoms with Gasteiger partial charge in [0.1, 0.15) is 5.82 Å². The Morgan fingerprint density at radius 3 is 2.53 bits per heavy atom. The maximum absolute atomic E-state index is 5.56. The third-order valence-electron chi connectivity index (χ3n) is 2.10. The van der Waals surface area contributed by atoms with E-state index in [1.54, 1.807) is 0 Å². The van der Waals surface area contributed by atoms with Gasteiger partial charge < -0.3 is 10.1 Å². The van der Waals surface area contributed by atoms with E-state index in [1.807, 2.05) is 19.3 Å². The summed E-state index contributed by atoms with van der Waals surface area (Å²) in [5, 5.41) is 3.27. The van der Waals surface area contributed by atoms with Gasteiger partial charge in [0, 0.05) is 31.0 Å². The summed E-state index contributed by atoms with van der Waals surface area (Å²) in [4.78, 5) is 8.27. The lowest BCUT2D eigenvalue weighted by atomic mass is 10.2. The van der Waals surface area contributed by atoms with Crippen LogP contribution in [-0.4, -0.2) is 29.7 Å². The number of hydrogen-bond donors (Lipinski definition) is 1. The molecule has 2 heterocycles. The van der Waals surface area contributed by atoms with Gasteiger partial charge in [-0.2, -0.15) is 0 Å². The fraction of sp³-hybridized carbons (Fsp3) is 0.556. The van der Waals surface area contributed by atoms with Gasteiger partial charge in [0.2, 0.25) is 0 Å². The van der Waals surface area contributed by atoms with Gasteiger partial charge in [-0.1, -0.05) is 0 Å². The molecule has 1 unspecified atom stereocenters. The van der Waals surface area contributed by atoms with E-state index in [-0.39, 0.29) is 30.9 Å². The molecular formula is C9H15Cl2N3O. The van der Waals surface area contributed by atoms with Crippen LogP contribution in [0.1, 0.15) is 17.5 Å². The molecule has 0 bridgehead atoms. The van der Waals surface area contributed by atoms with Crippen molar-refractivity contribution >= 4 is 24.8 Å². The lowest BCUT2D eigenvalue weighted by Gasteiger charge is -2.23. The zero-order valence-electron chi connectivity index (χ0n) is 8.47. The highest BCUT2D eigenvalue weighted by atomic mass is 35.5. The quantitative estimate of drug-likeness (QED) is 0.818. The molecule has 1 aliphatic heterocycles.